The summed E-state index contributed by atoms with van der Waals surface area (Å²) in [5.74, 6) is -1.17. The summed E-state index contributed by atoms with van der Waals surface area (Å²) in [6.45, 7) is -3.18. The molecule has 2 rings (SSSR count). The van der Waals surface area contributed by atoms with Gasteiger partial charge in [0.25, 0.3) is 0 Å². The van der Waals surface area contributed by atoms with Crippen LogP contribution in [0.3, 0.4) is 0 Å². The summed E-state index contributed by atoms with van der Waals surface area (Å²) in [6, 6.07) is 2.20. The Morgan fingerprint density at radius 1 is 1.32 bits per heavy atom. The van der Waals surface area contributed by atoms with Crippen molar-refractivity contribution >= 4 is 12.4 Å². The number of ether oxygens (including phenoxy) is 2. The molecular formula is C12H14BF4O2-. The van der Waals surface area contributed by atoms with Gasteiger partial charge in [-0.2, -0.15) is 0 Å². The molecule has 106 valence electrons. The first-order chi connectivity index (χ1) is 8.86. The molecule has 1 saturated heterocycles. The second-order valence-corrected chi connectivity index (χ2v) is 4.72. The van der Waals surface area contributed by atoms with Gasteiger partial charge in [0.1, 0.15) is 6.61 Å². The Hall–Kier alpha value is -1.24. The first-order valence-electron chi connectivity index (χ1n) is 6.14. The third kappa shape index (κ3) is 3.62. The van der Waals surface area contributed by atoms with E-state index < -0.39 is 18.3 Å². The highest BCUT2D eigenvalue weighted by molar-refractivity contribution is 6.73. The zero-order valence-corrected chi connectivity index (χ0v) is 10.4. The third-order valence-corrected chi connectivity index (χ3v) is 3.08. The molecule has 0 aliphatic carbocycles. The maximum atomic E-state index is 13.4. The molecule has 0 bridgehead atoms. The van der Waals surface area contributed by atoms with Crippen molar-refractivity contribution in [1.29, 1.82) is 0 Å². The molecule has 2 nitrogen and oxygen atoms in total. The van der Waals surface area contributed by atoms with Crippen LogP contribution in [0.25, 0.3) is 0 Å². The molecule has 0 radical (unpaired) electrons. The van der Waals surface area contributed by atoms with Crippen LogP contribution in [0.2, 0.25) is 0 Å². The molecule has 19 heavy (non-hydrogen) atoms. The van der Waals surface area contributed by atoms with Crippen LogP contribution in [0.1, 0.15) is 19.8 Å². The minimum absolute atomic E-state index is 0.0651. The molecule has 1 heterocycles. The van der Waals surface area contributed by atoms with E-state index in [0.29, 0.717) is 6.07 Å². The lowest BCUT2D eigenvalue weighted by atomic mass is 9.80. The van der Waals surface area contributed by atoms with Gasteiger partial charge in [-0.3, -0.25) is 0 Å². The van der Waals surface area contributed by atoms with Crippen molar-refractivity contribution in [3.63, 3.8) is 0 Å². The zero-order valence-electron chi connectivity index (χ0n) is 10.4. The second kappa shape index (κ2) is 5.40. The van der Waals surface area contributed by atoms with E-state index in [1.165, 1.54) is 0 Å². The van der Waals surface area contributed by atoms with Gasteiger partial charge in [0.05, 0.1) is 12.2 Å². The number of hydrogen-bond acceptors (Lipinski definition) is 2. The molecule has 0 amide bonds. The number of benzene rings is 1. The van der Waals surface area contributed by atoms with E-state index in [0.717, 1.165) is 25.0 Å². The van der Waals surface area contributed by atoms with Gasteiger partial charge in [0.15, 0.2) is 11.6 Å². The van der Waals surface area contributed by atoms with Crippen LogP contribution >= 0.6 is 0 Å². The topological polar surface area (TPSA) is 18.5 Å². The van der Waals surface area contributed by atoms with Crippen LogP contribution in [0.4, 0.5) is 17.3 Å². The summed E-state index contributed by atoms with van der Waals surface area (Å²) in [6.07, 6.45) is 1.58. The molecule has 0 spiro atoms. The van der Waals surface area contributed by atoms with Gasteiger partial charge in [0, 0.05) is 0 Å². The molecule has 1 fully saturated rings. The first-order valence-corrected chi connectivity index (χ1v) is 6.14. The molecule has 0 N–H and O–H groups in total. The summed E-state index contributed by atoms with van der Waals surface area (Å²) in [5, 5.41) is 0. The van der Waals surface area contributed by atoms with Gasteiger partial charge in [-0.15, -0.1) is 5.46 Å². The molecule has 1 aromatic rings. The fraction of sp³-hybridized carbons (Fsp3) is 0.500. The molecule has 2 atom stereocenters. The van der Waals surface area contributed by atoms with Gasteiger partial charge in [-0.05, 0) is 31.9 Å². The van der Waals surface area contributed by atoms with Gasteiger partial charge in [-0.1, -0.05) is 6.07 Å². The number of halogens is 4. The van der Waals surface area contributed by atoms with Gasteiger partial charge in [-0.25, -0.2) is 4.39 Å². The summed E-state index contributed by atoms with van der Waals surface area (Å²) < 4.78 is 61.6. The maximum absolute atomic E-state index is 13.4. The van der Waals surface area contributed by atoms with Crippen LogP contribution in [0.5, 0.6) is 5.75 Å². The van der Waals surface area contributed by atoms with Crippen LogP contribution in [-0.4, -0.2) is 25.8 Å². The third-order valence-electron chi connectivity index (χ3n) is 3.08. The highest BCUT2D eigenvalue weighted by atomic mass is 19.4. The number of rotatable bonds is 4. The lowest BCUT2D eigenvalue weighted by Gasteiger charge is -2.18. The van der Waals surface area contributed by atoms with Gasteiger partial charge >= 0.3 is 6.98 Å². The highest BCUT2D eigenvalue weighted by Crippen LogP contribution is 2.22. The van der Waals surface area contributed by atoms with Crippen molar-refractivity contribution in [3.05, 3.63) is 24.0 Å². The van der Waals surface area contributed by atoms with E-state index >= 15 is 0 Å². The molecule has 1 aliphatic heterocycles. The van der Waals surface area contributed by atoms with Crippen molar-refractivity contribution in [3.8, 4) is 5.75 Å². The zero-order chi connectivity index (χ0) is 14.0. The average Bonchev–Trinajstić information content (AvgIpc) is 2.72. The van der Waals surface area contributed by atoms with E-state index in [-0.39, 0.29) is 24.6 Å². The van der Waals surface area contributed by atoms with Crippen LogP contribution in [-0.2, 0) is 4.74 Å². The van der Waals surface area contributed by atoms with Crippen molar-refractivity contribution in [2.45, 2.75) is 32.0 Å². The smallest absolute Gasteiger partial charge is 0.488 e. The van der Waals surface area contributed by atoms with E-state index in [1.807, 2.05) is 6.92 Å². The monoisotopic (exact) mass is 277 g/mol. The van der Waals surface area contributed by atoms with Crippen molar-refractivity contribution in [2.75, 3.05) is 6.61 Å². The summed E-state index contributed by atoms with van der Waals surface area (Å²) in [5.41, 5.74) is -0.864. The largest absolute Gasteiger partial charge is 0.509 e. The first kappa shape index (κ1) is 14.2. The van der Waals surface area contributed by atoms with E-state index in [2.05, 4.69) is 0 Å². The Morgan fingerprint density at radius 3 is 2.63 bits per heavy atom. The Morgan fingerprint density at radius 2 is 2.05 bits per heavy atom. The quantitative estimate of drug-likeness (QED) is 0.622. The lowest BCUT2D eigenvalue weighted by Crippen LogP contribution is -2.34. The predicted molar refractivity (Wildman–Crippen MR) is 64.2 cm³/mol. The fourth-order valence-corrected chi connectivity index (χ4v) is 2.02. The van der Waals surface area contributed by atoms with Crippen molar-refractivity contribution in [2.24, 2.45) is 0 Å². The van der Waals surface area contributed by atoms with Crippen molar-refractivity contribution in [1.82, 2.24) is 0 Å². The van der Waals surface area contributed by atoms with Gasteiger partial charge in [0.2, 0.25) is 0 Å². The maximum Gasteiger partial charge on any atom is 0.509 e. The molecular weight excluding hydrogens is 263 g/mol. The summed E-state index contributed by atoms with van der Waals surface area (Å²) in [7, 11) is 0. The van der Waals surface area contributed by atoms with Crippen LogP contribution < -0.4 is 10.2 Å². The highest BCUT2D eigenvalue weighted by Gasteiger charge is 2.27. The Labute approximate surface area is 108 Å². The van der Waals surface area contributed by atoms with E-state index in [9.17, 15) is 17.3 Å². The average molecular weight is 277 g/mol. The SMILES string of the molecule is CC1CCC(COc2cc([B-](F)(F)F)ccc2F)O1. The minimum Gasteiger partial charge on any atom is -0.488 e. The summed E-state index contributed by atoms with van der Waals surface area (Å²) in [4.78, 5) is 0. The van der Waals surface area contributed by atoms with Crippen LogP contribution in [0.15, 0.2) is 18.2 Å². The summed E-state index contributed by atoms with van der Waals surface area (Å²) >= 11 is 0. The van der Waals surface area contributed by atoms with Crippen molar-refractivity contribution < 1.29 is 26.8 Å². The van der Waals surface area contributed by atoms with E-state index in [1.54, 1.807) is 0 Å². The molecule has 7 heteroatoms. The normalized spacial score (nSPS) is 23.6. The Balaban J connectivity index is 2.03. The second-order valence-electron chi connectivity index (χ2n) is 4.72. The molecule has 1 aliphatic rings. The fourth-order valence-electron chi connectivity index (χ4n) is 2.02. The Kier molecular flexibility index (Phi) is 4.03. The molecule has 1 aromatic carbocycles. The molecule has 2 unspecified atom stereocenters. The minimum atomic E-state index is -5.15. The molecule has 0 saturated carbocycles. The predicted octanol–water partition coefficient (Wildman–Crippen LogP) is 2.83. The van der Waals surface area contributed by atoms with E-state index in [4.69, 9.17) is 9.47 Å². The lowest BCUT2D eigenvalue weighted by molar-refractivity contribution is 0.0256. The van der Waals surface area contributed by atoms with Gasteiger partial charge < -0.3 is 22.4 Å². The Bertz CT molecular complexity index is 450. The standard InChI is InChI=1S/C12H14BF4O2/c1-8-2-4-10(19-8)7-18-12-6-9(13(15,16)17)3-5-11(12)14/h3,5-6,8,10H,2,4,7H2,1H3/q-1. The number of hydrogen-bond donors (Lipinski definition) is 0. The van der Waals surface area contributed by atoms with Crippen LogP contribution in [0, 0.1) is 5.82 Å². The molecule has 0 aromatic heterocycles.